The number of nitrogens with zero attached hydrogens (tertiary/aromatic N) is 1. The molecule has 1 fully saturated rings. The van der Waals surface area contributed by atoms with Gasteiger partial charge in [-0.05, 0) is 67.0 Å². The molecule has 178 valence electrons. The molecule has 0 spiro atoms. The maximum absolute atomic E-state index is 13.6. The Hall–Kier alpha value is -2.73. The van der Waals surface area contributed by atoms with Crippen molar-refractivity contribution < 1.29 is 23.7 Å². The molecule has 2 aromatic rings. The number of likely N-dealkylation sites (tertiary alicyclic amines) is 1. The number of amides is 1. The molecule has 3 atom stereocenters. The minimum atomic E-state index is -0.174. The quantitative estimate of drug-likeness (QED) is 0.550. The van der Waals surface area contributed by atoms with Gasteiger partial charge < -0.3 is 23.8 Å². The second-order valence-corrected chi connectivity index (χ2v) is 9.66. The van der Waals surface area contributed by atoms with Crippen LogP contribution in [0.25, 0.3) is 0 Å². The van der Waals surface area contributed by atoms with Crippen LogP contribution in [0.4, 0.5) is 0 Å². The van der Waals surface area contributed by atoms with Gasteiger partial charge in [0, 0.05) is 38.1 Å². The highest BCUT2D eigenvalue weighted by atomic mass is 16.7. The Morgan fingerprint density at radius 1 is 1.09 bits per heavy atom. The molecule has 0 N–H and O–H groups in total. The zero-order chi connectivity index (χ0) is 23.5. The van der Waals surface area contributed by atoms with Crippen molar-refractivity contribution in [1.82, 2.24) is 4.90 Å². The number of carbonyl (C=O) groups excluding carboxylic acids is 1. The molecule has 1 amide bonds. The van der Waals surface area contributed by atoms with Crippen LogP contribution in [0.2, 0.25) is 0 Å². The van der Waals surface area contributed by atoms with Crippen LogP contribution >= 0.6 is 0 Å². The fourth-order valence-electron chi connectivity index (χ4n) is 5.31. The van der Waals surface area contributed by atoms with Gasteiger partial charge in [0.1, 0.15) is 5.75 Å². The number of hydrogen-bond donors (Lipinski definition) is 0. The van der Waals surface area contributed by atoms with E-state index in [1.165, 1.54) is 6.42 Å². The number of rotatable bonds is 7. The first-order valence-electron chi connectivity index (χ1n) is 11.8. The van der Waals surface area contributed by atoms with Crippen LogP contribution in [0.3, 0.4) is 0 Å². The Kier molecular flexibility index (Phi) is 7.13. The molecular formula is C27H35NO5. The maximum atomic E-state index is 13.6. The van der Waals surface area contributed by atoms with Crippen molar-refractivity contribution >= 4 is 5.91 Å². The number of carbonyl (C=O) groups is 1. The molecule has 2 heterocycles. The fraction of sp³-hybridized carbons (Fsp3) is 0.519. The van der Waals surface area contributed by atoms with Crippen LogP contribution in [0.1, 0.15) is 54.9 Å². The lowest BCUT2D eigenvalue weighted by atomic mass is 9.83. The van der Waals surface area contributed by atoms with E-state index in [4.69, 9.17) is 18.9 Å². The Morgan fingerprint density at radius 3 is 2.55 bits per heavy atom. The molecule has 4 rings (SSSR count). The van der Waals surface area contributed by atoms with Crippen molar-refractivity contribution in [3.8, 4) is 17.2 Å². The average molecular weight is 454 g/mol. The van der Waals surface area contributed by atoms with E-state index in [1.54, 1.807) is 7.11 Å². The van der Waals surface area contributed by atoms with E-state index in [0.717, 1.165) is 46.8 Å². The lowest BCUT2D eigenvalue weighted by Crippen LogP contribution is -2.43. The number of hydrogen-bond acceptors (Lipinski definition) is 5. The van der Waals surface area contributed by atoms with Gasteiger partial charge in [-0.3, -0.25) is 4.79 Å². The predicted molar refractivity (Wildman–Crippen MR) is 127 cm³/mol. The Bertz CT molecular complexity index is 994. The number of piperidine rings is 1. The summed E-state index contributed by atoms with van der Waals surface area (Å²) in [6.07, 6.45) is 1.54. The third kappa shape index (κ3) is 5.27. The lowest BCUT2D eigenvalue weighted by molar-refractivity contribution is -0.134. The molecule has 33 heavy (non-hydrogen) atoms. The standard InChI is InChI=1S/C27H35NO5/c1-17-9-20(4)27(25(10-17)31-15-30-5)22(21-6-7-23-24(11-21)33-16-32-23)12-26(29)28-13-18(2)8-19(3)14-28/h6-7,9-11,18-19,22H,8,12-16H2,1-5H3. The zero-order valence-corrected chi connectivity index (χ0v) is 20.3. The van der Waals surface area contributed by atoms with Crippen LogP contribution in [0.5, 0.6) is 17.2 Å². The minimum absolute atomic E-state index is 0.152. The molecule has 2 aromatic carbocycles. The molecule has 1 saturated heterocycles. The van der Waals surface area contributed by atoms with E-state index >= 15 is 0 Å². The number of ether oxygens (including phenoxy) is 4. The van der Waals surface area contributed by atoms with Gasteiger partial charge >= 0.3 is 0 Å². The number of benzene rings is 2. The maximum Gasteiger partial charge on any atom is 0.231 e. The topological polar surface area (TPSA) is 57.2 Å². The average Bonchev–Trinajstić information content (AvgIpc) is 3.23. The molecule has 0 aromatic heterocycles. The number of methoxy groups -OCH3 is 1. The van der Waals surface area contributed by atoms with Gasteiger partial charge in [0.2, 0.25) is 12.7 Å². The van der Waals surface area contributed by atoms with Crippen LogP contribution in [-0.2, 0) is 9.53 Å². The summed E-state index contributed by atoms with van der Waals surface area (Å²) < 4.78 is 22.4. The van der Waals surface area contributed by atoms with Crippen LogP contribution < -0.4 is 14.2 Å². The SMILES string of the molecule is COCOc1cc(C)cc(C)c1C(CC(=O)N1CC(C)CC(C)C1)c1ccc2c(c1)OCO2. The third-order valence-electron chi connectivity index (χ3n) is 6.57. The van der Waals surface area contributed by atoms with Gasteiger partial charge in [0.05, 0.1) is 0 Å². The lowest BCUT2D eigenvalue weighted by Gasteiger charge is -2.36. The first-order chi connectivity index (χ1) is 15.9. The van der Waals surface area contributed by atoms with Crippen LogP contribution in [-0.4, -0.2) is 44.6 Å². The Labute approximate surface area is 196 Å². The minimum Gasteiger partial charge on any atom is -0.467 e. The highest BCUT2D eigenvalue weighted by Crippen LogP contribution is 2.42. The van der Waals surface area contributed by atoms with Crippen molar-refractivity contribution in [2.45, 2.75) is 46.5 Å². The van der Waals surface area contributed by atoms with E-state index in [-0.39, 0.29) is 25.4 Å². The molecule has 0 bridgehead atoms. The summed E-state index contributed by atoms with van der Waals surface area (Å²) in [5, 5.41) is 0. The molecule has 0 saturated carbocycles. The molecule has 6 heteroatoms. The highest BCUT2D eigenvalue weighted by molar-refractivity contribution is 5.78. The van der Waals surface area contributed by atoms with Crippen molar-refractivity contribution in [3.05, 3.63) is 52.6 Å². The molecule has 2 aliphatic rings. The smallest absolute Gasteiger partial charge is 0.231 e. The normalized spacial score (nSPS) is 20.6. The van der Waals surface area contributed by atoms with E-state index in [9.17, 15) is 4.79 Å². The van der Waals surface area contributed by atoms with Crippen molar-refractivity contribution in [3.63, 3.8) is 0 Å². The van der Waals surface area contributed by atoms with E-state index < -0.39 is 0 Å². The second kappa shape index (κ2) is 10.0. The van der Waals surface area contributed by atoms with Gasteiger partial charge in [0.25, 0.3) is 0 Å². The summed E-state index contributed by atoms with van der Waals surface area (Å²) in [5.41, 5.74) is 4.23. The largest absolute Gasteiger partial charge is 0.467 e. The monoisotopic (exact) mass is 453 g/mol. The summed E-state index contributed by atoms with van der Waals surface area (Å²) in [6, 6.07) is 10.1. The Morgan fingerprint density at radius 2 is 1.82 bits per heavy atom. The number of aryl methyl sites for hydroxylation is 2. The van der Waals surface area contributed by atoms with Crippen molar-refractivity contribution in [2.24, 2.45) is 11.8 Å². The van der Waals surface area contributed by atoms with Crippen LogP contribution in [0.15, 0.2) is 30.3 Å². The molecule has 6 nitrogen and oxygen atoms in total. The van der Waals surface area contributed by atoms with Gasteiger partial charge in [-0.1, -0.05) is 26.0 Å². The fourth-order valence-corrected chi connectivity index (χ4v) is 5.31. The van der Waals surface area contributed by atoms with Gasteiger partial charge in [-0.2, -0.15) is 0 Å². The highest BCUT2D eigenvalue weighted by Gasteiger charge is 2.31. The predicted octanol–water partition coefficient (Wildman–Crippen LogP) is 5.04. The van der Waals surface area contributed by atoms with Crippen molar-refractivity contribution in [1.29, 1.82) is 0 Å². The van der Waals surface area contributed by atoms with Gasteiger partial charge in [-0.25, -0.2) is 0 Å². The summed E-state index contributed by atoms with van der Waals surface area (Å²) in [5.74, 6) is 3.24. The first-order valence-corrected chi connectivity index (χ1v) is 11.8. The second-order valence-electron chi connectivity index (χ2n) is 9.66. The number of fused-ring (bicyclic) bond motifs is 1. The van der Waals surface area contributed by atoms with Crippen molar-refractivity contribution in [2.75, 3.05) is 33.8 Å². The molecule has 3 unspecified atom stereocenters. The summed E-state index contributed by atoms with van der Waals surface area (Å²) in [4.78, 5) is 15.6. The molecular weight excluding hydrogens is 418 g/mol. The summed E-state index contributed by atoms with van der Waals surface area (Å²) in [6.45, 7) is 10.6. The van der Waals surface area contributed by atoms with E-state index in [0.29, 0.717) is 24.0 Å². The molecule has 0 aliphatic carbocycles. The molecule has 0 radical (unpaired) electrons. The molecule has 2 aliphatic heterocycles. The van der Waals surface area contributed by atoms with Gasteiger partial charge in [-0.15, -0.1) is 0 Å². The van der Waals surface area contributed by atoms with E-state index in [1.807, 2.05) is 36.1 Å². The Balaban J connectivity index is 1.73. The van der Waals surface area contributed by atoms with Gasteiger partial charge in [0.15, 0.2) is 18.3 Å². The third-order valence-corrected chi connectivity index (χ3v) is 6.57. The van der Waals surface area contributed by atoms with Crippen LogP contribution in [0, 0.1) is 25.7 Å². The summed E-state index contributed by atoms with van der Waals surface area (Å²) >= 11 is 0. The first kappa shape index (κ1) is 23.4. The summed E-state index contributed by atoms with van der Waals surface area (Å²) in [7, 11) is 1.61. The zero-order valence-electron chi connectivity index (χ0n) is 20.3. The van der Waals surface area contributed by atoms with E-state index in [2.05, 4.69) is 26.8 Å².